The molecule has 6 nitrogen and oxygen atoms in total. The zero-order chi connectivity index (χ0) is 14.4. The van der Waals surface area contributed by atoms with Crippen molar-refractivity contribution in [3.05, 3.63) is 23.9 Å². The molecule has 1 amide bonds. The molecule has 0 spiro atoms. The van der Waals surface area contributed by atoms with Gasteiger partial charge in [0.15, 0.2) is 0 Å². The van der Waals surface area contributed by atoms with Crippen LogP contribution < -0.4 is 10.1 Å². The lowest BCUT2D eigenvalue weighted by Gasteiger charge is -2.29. The average Bonchev–Trinajstić information content (AvgIpc) is 2.53. The van der Waals surface area contributed by atoms with Crippen LogP contribution in [0.2, 0.25) is 0 Å². The Morgan fingerprint density at radius 3 is 2.85 bits per heavy atom. The Kier molecular flexibility index (Phi) is 4.53. The van der Waals surface area contributed by atoms with Crippen LogP contribution in [0.15, 0.2) is 18.3 Å². The Hall–Kier alpha value is -2.13. The molecule has 1 N–H and O–H groups in total. The molecular weight excluding hydrogens is 258 g/mol. The van der Waals surface area contributed by atoms with E-state index < -0.39 is 5.41 Å². The van der Waals surface area contributed by atoms with Gasteiger partial charge in [0.1, 0.15) is 5.41 Å². The molecule has 0 aliphatic carbocycles. The number of rotatable bonds is 4. The van der Waals surface area contributed by atoms with Crippen molar-refractivity contribution in [1.29, 1.82) is 5.26 Å². The van der Waals surface area contributed by atoms with E-state index >= 15 is 0 Å². The third kappa shape index (κ3) is 3.06. The quantitative estimate of drug-likeness (QED) is 0.887. The van der Waals surface area contributed by atoms with Gasteiger partial charge in [-0.3, -0.25) is 4.79 Å². The van der Waals surface area contributed by atoms with Crippen LogP contribution in [0.3, 0.4) is 0 Å². The van der Waals surface area contributed by atoms with Crippen molar-refractivity contribution in [2.45, 2.75) is 19.4 Å². The number of hydrogen-bond acceptors (Lipinski definition) is 5. The smallest absolute Gasteiger partial charge is 0.240 e. The van der Waals surface area contributed by atoms with E-state index in [9.17, 15) is 10.1 Å². The summed E-state index contributed by atoms with van der Waals surface area (Å²) in [6, 6.07) is 5.70. The van der Waals surface area contributed by atoms with Crippen LogP contribution in [0, 0.1) is 16.7 Å². The van der Waals surface area contributed by atoms with Crippen molar-refractivity contribution in [2.75, 3.05) is 20.3 Å². The first-order chi connectivity index (χ1) is 9.70. The number of nitrogens with one attached hydrogen (secondary N) is 1. The Morgan fingerprint density at radius 2 is 2.30 bits per heavy atom. The number of methoxy groups -OCH3 is 1. The molecule has 2 heterocycles. The molecule has 1 aliphatic heterocycles. The van der Waals surface area contributed by atoms with E-state index in [1.165, 1.54) is 0 Å². The van der Waals surface area contributed by atoms with Gasteiger partial charge in [0.25, 0.3) is 0 Å². The standard InChI is InChI=1S/C14H17N3O3/c1-19-12-3-2-11(8-16-12)9-17-13(18)14(10-15)4-6-20-7-5-14/h2-3,8H,4-7,9H2,1H3,(H,17,18). The van der Waals surface area contributed by atoms with Crippen molar-refractivity contribution >= 4 is 5.91 Å². The fourth-order valence-corrected chi connectivity index (χ4v) is 2.10. The topological polar surface area (TPSA) is 84.2 Å². The summed E-state index contributed by atoms with van der Waals surface area (Å²) in [6.07, 6.45) is 2.52. The number of pyridine rings is 1. The lowest BCUT2D eigenvalue weighted by molar-refractivity contribution is -0.132. The van der Waals surface area contributed by atoms with Crippen LogP contribution in [0.5, 0.6) is 5.88 Å². The van der Waals surface area contributed by atoms with Gasteiger partial charge in [-0.25, -0.2) is 4.98 Å². The van der Waals surface area contributed by atoms with E-state index in [1.807, 2.05) is 6.07 Å². The SMILES string of the molecule is COc1ccc(CNC(=O)C2(C#N)CCOCC2)cn1. The molecule has 0 bridgehead atoms. The monoisotopic (exact) mass is 275 g/mol. The summed E-state index contributed by atoms with van der Waals surface area (Å²) in [5.41, 5.74) is -0.0997. The zero-order valence-corrected chi connectivity index (χ0v) is 11.4. The van der Waals surface area contributed by atoms with E-state index in [2.05, 4.69) is 16.4 Å². The Morgan fingerprint density at radius 1 is 1.55 bits per heavy atom. The van der Waals surface area contributed by atoms with Crippen LogP contribution in [-0.4, -0.2) is 31.2 Å². The molecule has 1 aromatic heterocycles. The van der Waals surface area contributed by atoms with Crippen molar-refractivity contribution < 1.29 is 14.3 Å². The van der Waals surface area contributed by atoms with Gasteiger partial charge in [0, 0.05) is 32.0 Å². The number of carbonyl (C=O) groups is 1. The molecule has 2 rings (SSSR count). The summed E-state index contributed by atoms with van der Waals surface area (Å²) < 4.78 is 10.2. The zero-order valence-electron chi connectivity index (χ0n) is 11.4. The third-order valence-electron chi connectivity index (χ3n) is 3.45. The summed E-state index contributed by atoms with van der Waals surface area (Å²) in [5.74, 6) is 0.289. The normalized spacial score (nSPS) is 17.0. The first-order valence-corrected chi connectivity index (χ1v) is 6.46. The summed E-state index contributed by atoms with van der Waals surface area (Å²) in [7, 11) is 1.55. The molecule has 1 aromatic rings. The van der Waals surface area contributed by atoms with Crippen molar-refractivity contribution in [1.82, 2.24) is 10.3 Å². The summed E-state index contributed by atoms with van der Waals surface area (Å²) in [4.78, 5) is 16.3. The minimum atomic E-state index is -0.960. The number of aromatic nitrogens is 1. The molecule has 1 fully saturated rings. The van der Waals surface area contributed by atoms with Gasteiger partial charge >= 0.3 is 0 Å². The maximum absolute atomic E-state index is 12.2. The number of hydrogen-bond donors (Lipinski definition) is 1. The van der Waals surface area contributed by atoms with Crippen LogP contribution in [0.25, 0.3) is 0 Å². The maximum Gasteiger partial charge on any atom is 0.240 e. The number of nitriles is 1. The van der Waals surface area contributed by atoms with Crippen molar-refractivity contribution in [2.24, 2.45) is 5.41 Å². The first kappa shape index (κ1) is 14.3. The highest BCUT2D eigenvalue weighted by atomic mass is 16.5. The molecule has 106 valence electrons. The molecule has 0 saturated carbocycles. The van der Waals surface area contributed by atoms with Crippen LogP contribution in [-0.2, 0) is 16.1 Å². The lowest BCUT2D eigenvalue weighted by atomic mass is 9.81. The largest absolute Gasteiger partial charge is 0.481 e. The van der Waals surface area contributed by atoms with Gasteiger partial charge in [0.2, 0.25) is 11.8 Å². The molecule has 0 radical (unpaired) electrons. The number of carbonyl (C=O) groups excluding carboxylic acids is 1. The van der Waals surface area contributed by atoms with E-state index in [-0.39, 0.29) is 5.91 Å². The van der Waals surface area contributed by atoms with E-state index in [0.717, 1.165) is 5.56 Å². The highest BCUT2D eigenvalue weighted by Gasteiger charge is 2.40. The minimum absolute atomic E-state index is 0.237. The highest BCUT2D eigenvalue weighted by molar-refractivity contribution is 5.85. The highest BCUT2D eigenvalue weighted by Crippen LogP contribution is 2.29. The Labute approximate surface area is 117 Å². The second kappa shape index (κ2) is 6.35. The minimum Gasteiger partial charge on any atom is -0.481 e. The second-order valence-electron chi connectivity index (χ2n) is 4.70. The molecule has 20 heavy (non-hydrogen) atoms. The van der Waals surface area contributed by atoms with Crippen molar-refractivity contribution in [3.63, 3.8) is 0 Å². The fourth-order valence-electron chi connectivity index (χ4n) is 2.10. The molecule has 1 saturated heterocycles. The van der Waals surface area contributed by atoms with Gasteiger partial charge in [0.05, 0.1) is 13.2 Å². The molecule has 0 unspecified atom stereocenters. The summed E-state index contributed by atoms with van der Waals surface area (Å²) >= 11 is 0. The van der Waals surface area contributed by atoms with E-state index in [4.69, 9.17) is 9.47 Å². The third-order valence-corrected chi connectivity index (χ3v) is 3.45. The molecular formula is C14H17N3O3. The number of ether oxygens (including phenoxy) is 2. The van der Waals surface area contributed by atoms with Gasteiger partial charge < -0.3 is 14.8 Å². The molecule has 1 aliphatic rings. The van der Waals surface area contributed by atoms with Crippen LogP contribution >= 0.6 is 0 Å². The molecule has 0 atom stereocenters. The predicted molar refractivity (Wildman–Crippen MR) is 70.7 cm³/mol. The number of nitrogens with zero attached hydrogens (tertiary/aromatic N) is 2. The predicted octanol–water partition coefficient (Wildman–Crippen LogP) is 1.03. The first-order valence-electron chi connectivity index (χ1n) is 6.46. The Bertz CT molecular complexity index is 501. The lowest BCUT2D eigenvalue weighted by Crippen LogP contribution is -2.43. The van der Waals surface area contributed by atoms with E-state index in [1.54, 1.807) is 19.4 Å². The summed E-state index contributed by atoms with van der Waals surface area (Å²) in [6.45, 7) is 1.25. The molecule has 0 aromatic carbocycles. The summed E-state index contributed by atoms with van der Waals surface area (Å²) in [5, 5.41) is 12.1. The molecule has 6 heteroatoms. The van der Waals surface area contributed by atoms with Gasteiger partial charge in [-0.05, 0) is 18.4 Å². The van der Waals surface area contributed by atoms with Crippen molar-refractivity contribution in [3.8, 4) is 11.9 Å². The van der Waals surface area contributed by atoms with Crippen LogP contribution in [0.4, 0.5) is 0 Å². The second-order valence-corrected chi connectivity index (χ2v) is 4.70. The van der Waals surface area contributed by atoms with Gasteiger partial charge in [-0.15, -0.1) is 0 Å². The average molecular weight is 275 g/mol. The van der Waals surface area contributed by atoms with E-state index in [0.29, 0.717) is 38.5 Å². The maximum atomic E-state index is 12.2. The Balaban J connectivity index is 1.95. The fraction of sp³-hybridized carbons (Fsp3) is 0.500. The van der Waals surface area contributed by atoms with Crippen LogP contribution in [0.1, 0.15) is 18.4 Å². The van der Waals surface area contributed by atoms with Gasteiger partial charge in [-0.1, -0.05) is 6.07 Å². The number of amides is 1. The van der Waals surface area contributed by atoms with Gasteiger partial charge in [-0.2, -0.15) is 5.26 Å².